The fourth-order valence-corrected chi connectivity index (χ4v) is 4.26. The minimum absolute atomic E-state index is 0.0338. The highest BCUT2D eigenvalue weighted by molar-refractivity contribution is 5.96. The Balaban J connectivity index is 0.000000297. The van der Waals surface area contributed by atoms with E-state index in [0.717, 1.165) is 5.56 Å². The summed E-state index contributed by atoms with van der Waals surface area (Å²) in [5.74, 6) is -2.24. The van der Waals surface area contributed by atoms with Crippen molar-refractivity contribution in [3.8, 4) is 11.1 Å². The molecule has 4 nitrogen and oxygen atoms in total. The Hall–Kier alpha value is -5.02. The highest BCUT2D eigenvalue weighted by atomic mass is 19.4. The number of hydrogen-bond donors (Lipinski definition) is 2. The van der Waals surface area contributed by atoms with Gasteiger partial charge in [-0.05, 0) is 59.2 Å². The van der Waals surface area contributed by atoms with Crippen molar-refractivity contribution in [1.82, 2.24) is 0 Å². The van der Waals surface area contributed by atoms with Crippen molar-refractivity contribution < 1.29 is 67.4 Å². The predicted octanol–water partition coefficient (Wildman–Crippen LogP) is 9.92. The molecule has 1 amide bonds. The van der Waals surface area contributed by atoms with E-state index < -0.39 is 77.2 Å². The van der Waals surface area contributed by atoms with Crippen molar-refractivity contribution in [2.24, 2.45) is 0 Å². The lowest BCUT2D eigenvalue weighted by Gasteiger charge is -2.15. The van der Waals surface area contributed by atoms with E-state index in [1.807, 2.05) is 18.2 Å². The number of alkyl halides is 12. The van der Waals surface area contributed by atoms with Crippen LogP contribution >= 0.6 is 0 Å². The number of nitrogens with one attached hydrogen (secondary N) is 1. The van der Waals surface area contributed by atoms with Crippen molar-refractivity contribution in [1.29, 1.82) is 0 Å². The number of anilines is 1. The summed E-state index contributed by atoms with van der Waals surface area (Å²) in [5, 5.41) is 11.0. The Morgan fingerprint density at radius 2 is 0.896 bits per heavy atom. The first kappa shape index (κ1) is 37.4. The number of amides is 1. The molecule has 4 rings (SSSR count). The fourth-order valence-electron chi connectivity index (χ4n) is 4.26. The van der Waals surface area contributed by atoms with Crippen LogP contribution in [-0.2, 0) is 47.1 Å². The molecule has 0 fully saturated rings. The topological polar surface area (TPSA) is 66.4 Å². The molecule has 0 unspecified atom stereocenters. The monoisotopic (exact) mass is 695 g/mol. The van der Waals surface area contributed by atoms with Gasteiger partial charge in [0.1, 0.15) is 0 Å². The molecule has 0 saturated heterocycles. The van der Waals surface area contributed by atoms with Crippen molar-refractivity contribution in [2.75, 3.05) is 5.32 Å². The predicted molar refractivity (Wildman–Crippen MR) is 148 cm³/mol. The Kier molecular flexibility index (Phi) is 11.2. The molecule has 0 saturated carbocycles. The Bertz CT molecular complexity index is 1680. The molecule has 4 aromatic carbocycles. The van der Waals surface area contributed by atoms with Crippen LogP contribution in [0.5, 0.6) is 0 Å². The van der Waals surface area contributed by atoms with Gasteiger partial charge in [0, 0.05) is 11.3 Å². The van der Waals surface area contributed by atoms with Crippen molar-refractivity contribution in [2.45, 2.75) is 37.5 Å². The largest absolute Gasteiger partial charge is 0.481 e. The van der Waals surface area contributed by atoms with Gasteiger partial charge in [-0.1, -0.05) is 48.5 Å². The molecule has 4 aromatic rings. The van der Waals surface area contributed by atoms with Gasteiger partial charge in [0.25, 0.3) is 0 Å². The van der Waals surface area contributed by atoms with Crippen LogP contribution in [0.15, 0.2) is 91.0 Å². The average molecular weight is 696 g/mol. The molecule has 0 atom stereocenters. The molecule has 0 heterocycles. The third kappa shape index (κ3) is 10.8. The van der Waals surface area contributed by atoms with E-state index in [1.54, 1.807) is 36.4 Å². The number of carbonyl (C=O) groups excluding carboxylic acids is 1. The maximum absolute atomic E-state index is 13.0. The van der Waals surface area contributed by atoms with E-state index in [2.05, 4.69) is 5.32 Å². The second kappa shape index (κ2) is 14.4. The number of hydrogen-bond acceptors (Lipinski definition) is 2. The van der Waals surface area contributed by atoms with Gasteiger partial charge in [-0.15, -0.1) is 0 Å². The minimum Gasteiger partial charge on any atom is -0.481 e. The van der Waals surface area contributed by atoms with Crippen LogP contribution in [-0.4, -0.2) is 17.0 Å². The zero-order valence-electron chi connectivity index (χ0n) is 23.9. The summed E-state index contributed by atoms with van der Waals surface area (Å²) in [6, 6.07) is 17.7. The molecule has 0 aliphatic rings. The summed E-state index contributed by atoms with van der Waals surface area (Å²) in [6.07, 6.45) is -21.4. The van der Waals surface area contributed by atoms with Gasteiger partial charge in [0.2, 0.25) is 5.91 Å². The molecule has 0 bridgehead atoms. The highest BCUT2D eigenvalue weighted by Gasteiger charge is 2.38. The molecule has 16 heteroatoms. The Labute approximate surface area is 263 Å². The summed E-state index contributed by atoms with van der Waals surface area (Å²) in [4.78, 5) is 22.7. The minimum atomic E-state index is -4.97. The summed E-state index contributed by atoms with van der Waals surface area (Å²) >= 11 is 0. The van der Waals surface area contributed by atoms with Gasteiger partial charge < -0.3 is 10.4 Å². The van der Waals surface area contributed by atoms with Gasteiger partial charge in [0.05, 0.1) is 35.1 Å². The summed E-state index contributed by atoms with van der Waals surface area (Å²) in [5.41, 5.74) is -5.01. The Morgan fingerprint density at radius 3 is 1.29 bits per heavy atom. The van der Waals surface area contributed by atoms with E-state index >= 15 is 0 Å². The molecule has 256 valence electrons. The summed E-state index contributed by atoms with van der Waals surface area (Å²) in [7, 11) is 0. The number of rotatable bonds is 6. The average Bonchev–Trinajstić information content (AvgIpc) is 2.96. The van der Waals surface area contributed by atoms with E-state index in [9.17, 15) is 62.3 Å². The van der Waals surface area contributed by atoms with Gasteiger partial charge in [-0.25, -0.2) is 0 Å². The third-order valence-electron chi connectivity index (χ3n) is 6.30. The molecular formula is C32H21F12NO3. The van der Waals surface area contributed by atoms with Crippen LogP contribution in [0.1, 0.15) is 33.4 Å². The lowest BCUT2D eigenvalue weighted by molar-refractivity contribution is -0.144. The standard InChI is InChI=1S/C22H15F6NO.C10H6F6O2/c23-21(24,25)16-10-14(11-17(13-16)22(26,27)28)12-20(30)29-19-9-5-4-8-18(19)15-6-2-1-3-7-15;11-9(12,13)6-1-5(3-8(17)18)2-7(4-6)10(14,15)16/h1-11,13H,12H2,(H,29,30);1-2,4H,3H2,(H,17,18). The number of carbonyl (C=O) groups is 2. The first-order chi connectivity index (χ1) is 22.0. The molecule has 2 N–H and O–H groups in total. The van der Waals surface area contributed by atoms with Crippen molar-refractivity contribution in [3.63, 3.8) is 0 Å². The highest BCUT2D eigenvalue weighted by Crippen LogP contribution is 2.38. The first-order valence-corrected chi connectivity index (χ1v) is 13.3. The fraction of sp³-hybridized carbons (Fsp3) is 0.188. The SMILES string of the molecule is O=C(Cc1cc(C(F)(F)F)cc(C(F)(F)F)c1)Nc1ccccc1-c1ccccc1.O=C(O)Cc1cc(C(F)(F)F)cc(C(F)(F)F)c1. The summed E-state index contributed by atoms with van der Waals surface area (Å²) < 4.78 is 152. The quantitative estimate of drug-likeness (QED) is 0.198. The number of aliphatic carboxylic acids is 1. The lowest BCUT2D eigenvalue weighted by atomic mass is 10.0. The first-order valence-electron chi connectivity index (χ1n) is 13.3. The van der Waals surface area contributed by atoms with Gasteiger partial charge in [-0.3, -0.25) is 9.59 Å². The van der Waals surface area contributed by atoms with Gasteiger partial charge in [-0.2, -0.15) is 52.7 Å². The van der Waals surface area contributed by atoms with Gasteiger partial charge in [0.15, 0.2) is 0 Å². The number of carboxylic acid groups (broad SMARTS) is 1. The van der Waals surface area contributed by atoms with Crippen molar-refractivity contribution >= 4 is 17.6 Å². The van der Waals surface area contributed by atoms with Crippen LogP contribution in [0.4, 0.5) is 58.4 Å². The number of para-hydroxylation sites is 1. The van der Waals surface area contributed by atoms with Crippen LogP contribution in [0.3, 0.4) is 0 Å². The van der Waals surface area contributed by atoms with E-state index in [1.165, 1.54) is 0 Å². The second-order valence-electron chi connectivity index (χ2n) is 10.0. The number of carboxylic acids is 1. The molecule has 0 aliphatic carbocycles. The normalized spacial score (nSPS) is 12.2. The summed E-state index contributed by atoms with van der Waals surface area (Å²) in [6.45, 7) is 0. The van der Waals surface area contributed by atoms with Crippen LogP contribution in [0.2, 0.25) is 0 Å². The molecular weight excluding hydrogens is 674 g/mol. The van der Waals surface area contributed by atoms with Crippen LogP contribution in [0, 0.1) is 0 Å². The maximum atomic E-state index is 13.0. The second-order valence-corrected chi connectivity index (χ2v) is 10.0. The molecule has 48 heavy (non-hydrogen) atoms. The maximum Gasteiger partial charge on any atom is 0.416 e. The lowest BCUT2D eigenvalue weighted by Crippen LogP contribution is -2.17. The number of benzene rings is 4. The zero-order valence-corrected chi connectivity index (χ0v) is 23.9. The zero-order chi connectivity index (χ0) is 36.1. The van der Waals surface area contributed by atoms with Crippen LogP contribution < -0.4 is 5.32 Å². The van der Waals surface area contributed by atoms with Crippen LogP contribution in [0.25, 0.3) is 11.1 Å². The molecule has 0 radical (unpaired) electrons. The Morgan fingerprint density at radius 1 is 0.521 bits per heavy atom. The molecule has 0 aromatic heterocycles. The third-order valence-corrected chi connectivity index (χ3v) is 6.30. The van der Waals surface area contributed by atoms with Crippen molar-refractivity contribution in [3.05, 3.63) is 124 Å². The number of halogens is 12. The van der Waals surface area contributed by atoms with E-state index in [0.29, 0.717) is 35.5 Å². The smallest absolute Gasteiger partial charge is 0.416 e. The van der Waals surface area contributed by atoms with E-state index in [-0.39, 0.29) is 17.7 Å². The molecule has 0 aliphatic heterocycles. The van der Waals surface area contributed by atoms with Gasteiger partial charge >= 0.3 is 30.7 Å². The van der Waals surface area contributed by atoms with E-state index in [4.69, 9.17) is 5.11 Å². The molecule has 0 spiro atoms.